The maximum Gasteiger partial charge on any atom is 0.415 e. The molecule has 3 aromatic rings. The fourth-order valence-electron chi connectivity index (χ4n) is 3.68. The highest BCUT2D eigenvalue weighted by atomic mass is 16.6. The number of nitrogens with two attached hydrogens (primary N) is 1. The Morgan fingerprint density at radius 1 is 1.12 bits per heavy atom. The van der Waals surface area contributed by atoms with Crippen LogP contribution in [0, 0.1) is 0 Å². The highest BCUT2D eigenvalue weighted by Gasteiger charge is 2.36. The number of aromatic hydroxyl groups is 1. The quantitative estimate of drug-likeness (QED) is 0.487. The van der Waals surface area contributed by atoms with E-state index in [0.717, 1.165) is 5.56 Å². The number of hydrogen-bond acceptors (Lipinski definition) is 7. The minimum atomic E-state index is -0.562. The van der Waals surface area contributed by atoms with E-state index in [1.54, 1.807) is 54.6 Å². The molecule has 1 unspecified atom stereocenters. The van der Waals surface area contributed by atoms with Crippen molar-refractivity contribution in [3.63, 3.8) is 0 Å². The lowest BCUT2D eigenvalue weighted by Crippen LogP contribution is -2.27. The summed E-state index contributed by atoms with van der Waals surface area (Å²) in [5, 5.41) is 13.1. The molecule has 9 nitrogen and oxygen atoms in total. The van der Waals surface area contributed by atoms with Gasteiger partial charge in [-0.25, -0.2) is 4.79 Å². The SMILES string of the molecule is COc1cc(N2C(=O)OCC2c2ccc(C(=O)Nc3ccccc3N)cc2)cc(O)c1OC. The van der Waals surface area contributed by atoms with Gasteiger partial charge in [-0.1, -0.05) is 24.3 Å². The van der Waals surface area contributed by atoms with Crippen molar-refractivity contribution >= 4 is 29.1 Å². The lowest BCUT2D eigenvalue weighted by atomic mass is 10.0. The molecule has 1 saturated heterocycles. The predicted molar refractivity (Wildman–Crippen MR) is 123 cm³/mol. The van der Waals surface area contributed by atoms with Gasteiger partial charge < -0.3 is 30.4 Å². The molecule has 2 amide bonds. The second-order valence-electron chi connectivity index (χ2n) is 7.33. The maximum absolute atomic E-state index is 12.6. The van der Waals surface area contributed by atoms with Gasteiger partial charge in [0, 0.05) is 17.7 Å². The molecular formula is C24H23N3O6. The van der Waals surface area contributed by atoms with Gasteiger partial charge in [0.2, 0.25) is 5.75 Å². The Kier molecular flexibility index (Phi) is 5.95. The van der Waals surface area contributed by atoms with E-state index in [2.05, 4.69) is 5.32 Å². The minimum Gasteiger partial charge on any atom is -0.504 e. The third kappa shape index (κ3) is 4.20. The average molecular weight is 449 g/mol. The Bertz CT molecular complexity index is 1200. The largest absolute Gasteiger partial charge is 0.504 e. The molecule has 0 aliphatic carbocycles. The van der Waals surface area contributed by atoms with Crippen LogP contribution in [0.3, 0.4) is 0 Å². The lowest BCUT2D eigenvalue weighted by molar-refractivity contribution is 0.102. The van der Waals surface area contributed by atoms with Gasteiger partial charge in [-0.2, -0.15) is 0 Å². The van der Waals surface area contributed by atoms with Crippen LogP contribution in [-0.2, 0) is 4.74 Å². The van der Waals surface area contributed by atoms with Crippen molar-refractivity contribution in [1.29, 1.82) is 0 Å². The number of anilines is 3. The minimum absolute atomic E-state index is 0.111. The van der Waals surface area contributed by atoms with Gasteiger partial charge in [-0.05, 0) is 29.8 Å². The summed E-state index contributed by atoms with van der Waals surface area (Å²) in [5.74, 6) is -0.0321. The second-order valence-corrected chi connectivity index (χ2v) is 7.33. The van der Waals surface area contributed by atoms with E-state index in [9.17, 15) is 14.7 Å². The topological polar surface area (TPSA) is 123 Å². The molecule has 0 spiro atoms. The molecule has 170 valence electrons. The summed E-state index contributed by atoms with van der Waals surface area (Å²) in [5.41, 5.74) is 8.46. The molecular weight excluding hydrogens is 426 g/mol. The molecule has 0 saturated carbocycles. The summed E-state index contributed by atoms with van der Waals surface area (Å²) in [4.78, 5) is 26.5. The molecule has 3 aromatic carbocycles. The Labute approximate surface area is 190 Å². The fourth-order valence-corrected chi connectivity index (χ4v) is 3.68. The van der Waals surface area contributed by atoms with Crippen molar-refractivity contribution in [3.8, 4) is 17.2 Å². The number of carbonyl (C=O) groups excluding carboxylic acids is 2. The van der Waals surface area contributed by atoms with Crippen molar-refractivity contribution < 1.29 is 28.9 Å². The van der Waals surface area contributed by atoms with Crippen LogP contribution in [0.25, 0.3) is 0 Å². The van der Waals surface area contributed by atoms with Crippen molar-refractivity contribution in [2.45, 2.75) is 6.04 Å². The van der Waals surface area contributed by atoms with Crippen LogP contribution in [0.15, 0.2) is 60.7 Å². The summed E-state index contributed by atoms with van der Waals surface area (Å²) in [6.45, 7) is 0.111. The van der Waals surface area contributed by atoms with Gasteiger partial charge in [0.05, 0.1) is 37.3 Å². The molecule has 4 rings (SSSR count). The smallest absolute Gasteiger partial charge is 0.415 e. The molecule has 9 heteroatoms. The molecule has 0 aromatic heterocycles. The number of methoxy groups -OCH3 is 2. The van der Waals surface area contributed by atoms with Crippen LogP contribution in [0.2, 0.25) is 0 Å². The number of phenols is 1. The first-order valence-electron chi connectivity index (χ1n) is 10.1. The molecule has 4 N–H and O–H groups in total. The molecule has 1 heterocycles. The summed E-state index contributed by atoms with van der Waals surface area (Å²) in [6, 6.07) is 16.4. The molecule has 1 aliphatic heterocycles. The zero-order valence-corrected chi connectivity index (χ0v) is 18.1. The molecule has 1 aliphatic rings. The number of benzene rings is 3. The van der Waals surface area contributed by atoms with Gasteiger partial charge in [0.25, 0.3) is 5.91 Å². The van der Waals surface area contributed by atoms with Crippen molar-refractivity contribution in [2.24, 2.45) is 0 Å². The molecule has 33 heavy (non-hydrogen) atoms. The summed E-state index contributed by atoms with van der Waals surface area (Å²) in [7, 11) is 2.85. The molecule has 1 atom stereocenters. The standard InChI is InChI=1S/C24H23N3O6/c1-31-21-12-16(11-20(28)22(21)32-2)27-19(13-33-24(27)30)14-7-9-15(10-8-14)23(29)26-18-6-4-3-5-17(18)25/h3-12,19,28H,13,25H2,1-2H3,(H,26,29). The van der Waals surface area contributed by atoms with Gasteiger partial charge >= 0.3 is 6.09 Å². The highest BCUT2D eigenvalue weighted by molar-refractivity contribution is 6.05. The number of nitrogen functional groups attached to an aromatic ring is 1. The normalized spacial score (nSPS) is 15.2. The number of rotatable bonds is 6. The Morgan fingerprint density at radius 2 is 1.85 bits per heavy atom. The van der Waals surface area contributed by atoms with E-state index in [1.165, 1.54) is 25.2 Å². The van der Waals surface area contributed by atoms with E-state index in [-0.39, 0.29) is 29.8 Å². The van der Waals surface area contributed by atoms with Crippen molar-refractivity contribution in [3.05, 3.63) is 71.8 Å². The summed E-state index contributed by atoms with van der Waals surface area (Å²) < 4.78 is 15.7. The Hall–Kier alpha value is -4.40. The first-order chi connectivity index (χ1) is 15.9. The van der Waals surface area contributed by atoms with E-state index >= 15 is 0 Å². The third-order valence-electron chi connectivity index (χ3n) is 5.36. The molecule has 1 fully saturated rings. The number of nitrogens with zero attached hydrogens (tertiary/aromatic N) is 1. The first kappa shape index (κ1) is 21.8. The monoisotopic (exact) mass is 449 g/mol. The van der Waals surface area contributed by atoms with E-state index in [1.807, 2.05) is 0 Å². The number of cyclic esters (lactones) is 1. The predicted octanol–water partition coefficient (Wildman–Crippen LogP) is 3.94. The van der Waals surface area contributed by atoms with Gasteiger partial charge in [0.15, 0.2) is 11.5 Å². The van der Waals surface area contributed by atoms with Gasteiger partial charge in [-0.15, -0.1) is 0 Å². The highest BCUT2D eigenvalue weighted by Crippen LogP contribution is 2.43. The van der Waals surface area contributed by atoms with Crippen LogP contribution < -0.4 is 25.4 Å². The number of para-hydroxylation sites is 2. The van der Waals surface area contributed by atoms with E-state index in [4.69, 9.17) is 19.9 Å². The zero-order valence-electron chi connectivity index (χ0n) is 18.1. The zero-order chi connectivity index (χ0) is 23.5. The maximum atomic E-state index is 12.6. The Morgan fingerprint density at radius 3 is 2.52 bits per heavy atom. The van der Waals surface area contributed by atoms with Gasteiger partial charge in [-0.3, -0.25) is 9.69 Å². The van der Waals surface area contributed by atoms with Crippen LogP contribution in [0.1, 0.15) is 22.0 Å². The summed E-state index contributed by atoms with van der Waals surface area (Å²) in [6.07, 6.45) is -0.562. The number of nitrogens with one attached hydrogen (secondary N) is 1. The molecule has 0 radical (unpaired) electrons. The average Bonchev–Trinajstić information content (AvgIpc) is 3.21. The van der Waals surface area contributed by atoms with E-state index in [0.29, 0.717) is 22.6 Å². The first-order valence-corrected chi connectivity index (χ1v) is 10.1. The number of hydrogen-bond donors (Lipinski definition) is 3. The number of amides is 2. The summed E-state index contributed by atoms with van der Waals surface area (Å²) >= 11 is 0. The van der Waals surface area contributed by atoms with Crippen LogP contribution in [0.5, 0.6) is 17.2 Å². The van der Waals surface area contributed by atoms with E-state index < -0.39 is 12.1 Å². The Balaban J connectivity index is 1.58. The third-order valence-corrected chi connectivity index (χ3v) is 5.36. The number of carbonyl (C=O) groups is 2. The van der Waals surface area contributed by atoms with Crippen LogP contribution >= 0.6 is 0 Å². The number of ether oxygens (including phenoxy) is 3. The van der Waals surface area contributed by atoms with Crippen LogP contribution in [-0.4, -0.2) is 37.9 Å². The van der Waals surface area contributed by atoms with Gasteiger partial charge in [0.1, 0.15) is 6.61 Å². The van der Waals surface area contributed by atoms with Crippen LogP contribution in [0.4, 0.5) is 21.9 Å². The number of phenolic OH excluding ortho intramolecular Hbond substituents is 1. The van der Waals surface area contributed by atoms with Crippen molar-refractivity contribution in [1.82, 2.24) is 0 Å². The second kappa shape index (κ2) is 8.99. The molecule has 0 bridgehead atoms. The lowest BCUT2D eigenvalue weighted by Gasteiger charge is -2.23. The van der Waals surface area contributed by atoms with Crippen molar-refractivity contribution in [2.75, 3.05) is 36.8 Å². The fraction of sp³-hybridized carbons (Fsp3) is 0.167.